The van der Waals surface area contributed by atoms with E-state index in [1.54, 1.807) is 0 Å². The van der Waals surface area contributed by atoms with Crippen molar-refractivity contribution in [2.45, 2.75) is 51.6 Å². The molecule has 2 aromatic rings. The number of carboxylic acid groups (broad SMARTS) is 2. The highest BCUT2D eigenvalue weighted by molar-refractivity contribution is 5.73. The molecule has 2 aromatic heterocycles. The maximum absolute atomic E-state index is 10.6. The summed E-state index contributed by atoms with van der Waals surface area (Å²) in [4.78, 5) is 27.5. The molecule has 8 nitrogen and oxygen atoms in total. The predicted molar refractivity (Wildman–Crippen MR) is 122 cm³/mol. The number of carboxylic acids is 2. The molecule has 4 heterocycles. The van der Waals surface area contributed by atoms with Crippen LogP contribution < -0.4 is 0 Å². The number of pyridine rings is 1. The number of hydrogen-bond donors (Lipinski definition) is 2. The first-order valence-corrected chi connectivity index (χ1v) is 11.6. The molecule has 2 aliphatic heterocycles. The summed E-state index contributed by atoms with van der Waals surface area (Å²) in [6, 6.07) is 10.4. The Bertz CT molecular complexity index is 1020. The van der Waals surface area contributed by atoms with Crippen molar-refractivity contribution in [2.75, 3.05) is 26.2 Å². The molecule has 1 unspecified atom stereocenters. The van der Waals surface area contributed by atoms with E-state index in [-0.39, 0.29) is 0 Å². The summed E-state index contributed by atoms with van der Waals surface area (Å²) < 4.78 is 69.2. The van der Waals surface area contributed by atoms with Gasteiger partial charge in [-0.05, 0) is 69.0 Å². The van der Waals surface area contributed by atoms with Crippen LogP contribution in [0.5, 0.6) is 0 Å². The number of aryl methyl sites for hydroxylation is 1. The zero-order valence-electron chi connectivity index (χ0n) is 20.6. The molecule has 1 atom stereocenters. The van der Waals surface area contributed by atoms with E-state index in [1.165, 1.54) is 51.1 Å². The number of aliphatic carboxylic acids is 2. The van der Waals surface area contributed by atoms with Gasteiger partial charge in [-0.25, -0.2) is 9.59 Å². The maximum atomic E-state index is 10.6. The highest BCUT2D eigenvalue weighted by Crippen LogP contribution is 2.39. The smallest absolute Gasteiger partial charge is 0.475 e. The summed E-state index contributed by atoms with van der Waals surface area (Å²) in [5, 5.41) is 14.2. The van der Waals surface area contributed by atoms with E-state index < -0.39 is 24.3 Å². The Labute approximate surface area is 214 Å². The minimum atomic E-state index is -5.08. The summed E-state index contributed by atoms with van der Waals surface area (Å²) in [5.41, 5.74) is 1.66. The van der Waals surface area contributed by atoms with E-state index in [9.17, 15) is 26.3 Å². The standard InChI is InChI=1S/C20H27N3O.2C2HF3O2/c1-17-6-7-19(24-17)14-23-12-9-20(16-23)8-4-11-22(15-20)13-18-5-2-3-10-21-18;2*3-2(4,5)1(6)7/h2-3,5-7,10H,4,8-9,11-16H2,1H3;2*(H,6,7). The van der Waals surface area contributed by atoms with E-state index in [1.807, 2.05) is 19.2 Å². The molecule has 14 heteroatoms. The topological polar surface area (TPSA) is 107 Å². The van der Waals surface area contributed by atoms with E-state index in [4.69, 9.17) is 24.2 Å². The first-order valence-electron chi connectivity index (χ1n) is 11.6. The lowest BCUT2D eigenvalue weighted by molar-refractivity contribution is -0.193. The molecule has 2 aliphatic rings. The van der Waals surface area contributed by atoms with Crippen LogP contribution in [0.25, 0.3) is 0 Å². The van der Waals surface area contributed by atoms with Crippen LogP contribution in [0.2, 0.25) is 0 Å². The van der Waals surface area contributed by atoms with Crippen molar-refractivity contribution >= 4 is 11.9 Å². The summed E-state index contributed by atoms with van der Waals surface area (Å²) in [7, 11) is 0. The fraction of sp³-hybridized carbons (Fsp3) is 0.542. The van der Waals surface area contributed by atoms with Crippen LogP contribution in [-0.2, 0) is 22.7 Å². The maximum Gasteiger partial charge on any atom is 0.490 e. The summed E-state index contributed by atoms with van der Waals surface area (Å²) in [6.45, 7) is 8.76. The van der Waals surface area contributed by atoms with Crippen LogP contribution in [-0.4, -0.2) is 75.5 Å². The quantitative estimate of drug-likeness (QED) is 0.523. The molecule has 0 amide bonds. The number of furan rings is 1. The molecule has 2 fully saturated rings. The van der Waals surface area contributed by atoms with Crippen molar-refractivity contribution in [3.8, 4) is 0 Å². The normalized spacial score (nSPS) is 20.3. The van der Waals surface area contributed by atoms with Crippen LogP contribution in [0.3, 0.4) is 0 Å². The summed E-state index contributed by atoms with van der Waals surface area (Å²) in [5.74, 6) is -3.40. The summed E-state index contributed by atoms with van der Waals surface area (Å²) in [6.07, 6.45) is -4.29. The molecule has 2 N–H and O–H groups in total. The van der Waals surface area contributed by atoms with E-state index in [0.29, 0.717) is 5.41 Å². The van der Waals surface area contributed by atoms with E-state index in [0.717, 1.165) is 24.6 Å². The van der Waals surface area contributed by atoms with Gasteiger partial charge in [0.25, 0.3) is 0 Å². The number of carbonyl (C=O) groups is 2. The highest BCUT2D eigenvalue weighted by Gasteiger charge is 2.41. The van der Waals surface area contributed by atoms with Crippen molar-refractivity contribution < 1.29 is 50.6 Å². The first-order chi connectivity index (χ1) is 17.6. The highest BCUT2D eigenvalue weighted by atomic mass is 19.4. The van der Waals surface area contributed by atoms with Crippen LogP contribution in [0.4, 0.5) is 26.3 Å². The van der Waals surface area contributed by atoms with E-state index in [2.05, 4.69) is 39.0 Å². The monoisotopic (exact) mass is 553 g/mol. The molecule has 0 aromatic carbocycles. The fourth-order valence-corrected chi connectivity index (χ4v) is 4.45. The van der Waals surface area contributed by atoms with Gasteiger partial charge in [0.2, 0.25) is 0 Å². The van der Waals surface area contributed by atoms with Crippen molar-refractivity contribution in [3.05, 3.63) is 53.7 Å². The average molecular weight is 554 g/mol. The molecular formula is C24H29F6N3O5. The third-order valence-corrected chi connectivity index (χ3v) is 6.03. The Kier molecular flexibility index (Phi) is 10.7. The van der Waals surface area contributed by atoms with Crippen molar-refractivity contribution in [3.63, 3.8) is 0 Å². The Morgan fingerprint density at radius 3 is 1.97 bits per heavy atom. The molecule has 4 rings (SSSR count). The van der Waals surface area contributed by atoms with Gasteiger partial charge in [0.1, 0.15) is 11.5 Å². The van der Waals surface area contributed by atoms with Gasteiger partial charge in [-0.15, -0.1) is 0 Å². The number of piperidine rings is 1. The number of alkyl halides is 6. The van der Waals surface area contributed by atoms with Crippen LogP contribution in [0, 0.1) is 12.3 Å². The number of halogens is 6. The van der Waals surface area contributed by atoms with Crippen molar-refractivity contribution in [1.82, 2.24) is 14.8 Å². The lowest BCUT2D eigenvalue weighted by Crippen LogP contribution is -2.44. The lowest BCUT2D eigenvalue weighted by Gasteiger charge is -2.40. The van der Waals surface area contributed by atoms with Crippen molar-refractivity contribution in [1.29, 1.82) is 0 Å². The zero-order chi connectivity index (χ0) is 28.6. The van der Waals surface area contributed by atoms with Crippen LogP contribution in [0.15, 0.2) is 40.9 Å². The van der Waals surface area contributed by atoms with Gasteiger partial charge in [-0.1, -0.05) is 6.07 Å². The van der Waals surface area contributed by atoms with Gasteiger partial charge in [-0.3, -0.25) is 14.8 Å². The Morgan fingerprint density at radius 1 is 0.921 bits per heavy atom. The van der Waals surface area contributed by atoms with Crippen LogP contribution >= 0.6 is 0 Å². The molecule has 0 radical (unpaired) electrons. The lowest BCUT2D eigenvalue weighted by atomic mass is 9.79. The zero-order valence-corrected chi connectivity index (χ0v) is 20.6. The molecule has 1 spiro atoms. The molecule has 0 saturated carbocycles. The Morgan fingerprint density at radius 2 is 1.50 bits per heavy atom. The SMILES string of the molecule is Cc1ccc(CN2CCC3(CCCN(Cc4ccccn4)C3)C2)o1.O=C(O)C(F)(F)F.O=C(O)C(F)(F)F. The molecule has 212 valence electrons. The minimum absolute atomic E-state index is 0.467. The molecule has 0 aliphatic carbocycles. The minimum Gasteiger partial charge on any atom is -0.475 e. The first kappa shape index (κ1) is 31.1. The second-order valence-electron chi connectivity index (χ2n) is 9.21. The van der Waals surface area contributed by atoms with Crippen LogP contribution in [0.1, 0.15) is 36.5 Å². The van der Waals surface area contributed by atoms with Gasteiger partial charge in [0.05, 0.1) is 12.2 Å². The van der Waals surface area contributed by atoms with Gasteiger partial charge < -0.3 is 14.6 Å². The van der Waals surface area contributed by atoms with Gasteiger partial charge in [0, 0.05) is 25.8 Å². The van der Waals surface area contributed by atoms with Crippen molar-refractivity contribution in [2.24, 2.45) is 5.41 Å². The molecule has 38 heavy (non-hydrogen) atoms. The van der Waals surface area contributed by atoms with Gasteiger partial charge in [0.15, 0.2) is 0 Å². The van der Waals surface area contributed by atoms with Gasteiger partial charge >= 0.3 is 24.3 Å². The largest absolute Gasteiger partial charge is 0.490 e. The third-order valence-electron chi connectivity index (χ3n) is 6.03. The average Bonchev–Trinajstić information content (AvgIpc) is 3.39. The second kappa shape index (κ2) is 13.1. The number of nitrogens with zero attached hydrogens (tertiary/aromatic N) is 3. The molecular weight excluding hydrogens is 524 g/mol. The Hall–Kier alpha value is -3.13. The fourth-order valence-electron chi connectivity index (χ4n) is 4.45. The summed E-state index contributed by atoms with van der Waals surface area (Å²) >= 11 is 0. The molecule has 2 saturated heterocycles. The second-order valence-corrected chi connectivity index (χ2v) is 9.21. The molecule has 0 bridgehead atoms. The van der Waals surface area contributed by atoms with Gasteiger partial charge in [-0.2, -0.15) is 26.3 Å². The number of likely N-dealkylation sites (tertiary alicyclic amines) is 2. The van der Waals surface area contributed by atoms with E-state index >= 15 is 0 Å². The Balaban J connectivity index is 0.000000301. The number of aromatic nitrogens is 1. The number of hydrogen-bond acceptors (Lipinski definition) is 6. The third kappa shape index (κ3) is 10.3. The number of rotatable bonds is 4. The predicted octanol–water partition coefficient (Wildman–Crippen LogP) is 4.74.